The summed E-state index contributed by atoms with van der Waals surface area (Å²) in [5, 5.41) is 17.3. The van der Waals surface area contributed by atoms with E-state index in [1.54, 1.807) is 24.3 Å². The molecule has 1 rings (SSSR count). The number of rotatable bonds is 5. The molecule has 0 unspecified atom stereocenters. The minimum absolute atomic E-state index is 0. The van der Waals surface area contributed by atoms with E-state index in [9.17, 15) is 9.59 Å². The third-order valence-corrected chi connectivity index (χ3v) is 2.11. The van der Waals surface area contributed by atoms with Gasteiger partial charge in [0.1, 0.15) is 0 Å². The monoisotopic (exact) mass is 280 g/mol. The molecule has 96 valence electrons. The van der Waals surface area contributed by atoms with E-state index in [1.807, 2.05) is 6.07 Å². The molecule has 0 radical (unpaired) electrons. The SMILES string of the molecule is Cl.Cl.O=C(O)CC(CC(=O)O)c1ccccc1. The first-order valence-corrected chi connectivity index (χ1v) is 4.58. The number of hydrogen-bond donors (Lipinski definition) is 2. The number of carbonyl (C=O) groups is 2. The summed E-state index contributed by atoms with van der Waals surface area (Å²) >= 11 is 0. The molecule has 0 saturated carbocycles. The number of halogens is 2. The Hall–Kier alpha value is -1.26. The lowest BCUT2D eigenvalue weighted by molar-refractivity contribution is -0.139. The normalized spacial score (nSPS) is 9.00. The van der Waals surface area contributed by atoms with Crippen molar-refractivity contribution in [1.82, 2.24) is 0 Å². The molecule has 0 aliphatic rings. The Balaban J connectivity index is 0. The molecule has 0 amide bonds. The van der Waals surface area contributed by atoms with Crippen molar-refractivity contribution in [1.29, 1.82) is 0 Å². The van der Waals surface area contributed by atoms with Crippen LogP contribution in [0, 0.1) is 0 Å². The van der Waals surface area contributed by atoms with E-state index >= 15 is 0 Å². The number of aliphatic carboxylic acids is 2. The summed E-state index contributed by atoms with van der Waals surface area (Å²) in [6.45, 7) is 0. The van der Waals surface area contributed by atoms with Crippen molar-refractivity contribution in [3.8, 4) is 0 Å². The van der Waals surface area contributed by atoms with E-state index in [2.05, 4.69) is 0 Å². The number of carboxylic acids is 2. The van der Waals surface area contributed by atoms with Crippen molar-refractivity contribution in [3.63, 3.8) is 0 Å². The highest BCUT2D eigenvalue weighted by Crippen LogP contribution is 2.23. The van der Waals surface area contributed by atoms with Crippen molar-refractivity contribution in [3.05, 3.63) is 35.9 Å². The molecule has 0 atom stereocenters. The van der Waals surface area contributed by atoms with E-state index in [0.29, 0.717) is 0 Å². The molecule has 1 aromatic rings. The Bertz CT molecular complexity index is 338. The molecule has 0 aliphatic carbocycles. The largest absolute Gasteiger partial charge is 0.481 e. The first-order chi connectivity index (χ1) is 7.09. The zero-order chi connectivity index (χ0) is 11.3. The van der Waals surface area contributed by atoms with Crippen LogP contribution in [0.1, 0.15) is 24.3 Å². The van der Waals surface area contributed by atoms with Gasteiger partial charge in [0.05, 0.1) is 12.8 Å². The number of hydrogen-bond acceptors (Lipinski definition) is 2. The lowest BCUT2D eigenvalue weighted by Gasteiger charge is -2.12. The van der Waals surface area contributed by atoms with Gasteiger partial charge in [-0.3, -0.25) is 9.59 Å². The Labute approximate surface area is 111 Å². The second-order valence-corrected chi connectivity index (χ2v) is 3.30. The van der Waals surface area contributed by atoms with Crippen LogP contribution in [0.25, 0.3) is 0 Å². The molecule has 0 heterocycles. The van der Waals surface area contributed by atoms with Gasteiger partial charge >= 0.3 is 11.9 Å². The standard InChI is InChI=1S/C11H12O4.2ClH/c12-10(13)6-9(7-11(14)15)8-4-2-1-3-5-8;;/h1-5,9H,6-7H2,(H,12,13)(H,14,15);2*1H. The summed E-state index contributed by atoms with van der Waals surface area (Å²) in [7, 11) is 0. The Kier molecular flexibility index (Phi) is 9.42. The molecule has 2 N–H and O–H groups in total. The summed E-state index contributed by atoms with van der Waals surface area (Å²) < 4.78 is 0. The molecular weight excluding hydrogens is 267 g/mol. The van der Waals surface area contributed by atoms with Crippen LogP contribution in [0.2, 0.25) is 0 Å². The average Bonchev–Trinajstić information content (AvgIpc) is 2.17. The highest BCUT2D eigenvalue weighted by molar-refractivity contribution is 5.85. The van der Waals surface area contributed by atoms with Crippen LogP contribution in [0.15, 0.2) is 30.3 Å². The molecule has 0 aromatic heterocycles. The van der Waals surface area contributed by atoms with E-state index in [4.69, 9.17) is 10.2 Å². The van der Waals surface area contributed by atoms with Crippen molar-refractivity contribution < 1.29 is 19.8 Å². The lowest BCUT2D eigenvalue weighted by Crippen LogP contribution is -2.11. The number of carboxylic acid groups (broad SMARTS) is 2. The zero-order valence-electron chi connectivity index (χ0n) is 8.91. The van der Waals surface area contributed by atoms with Crippen molar-refractivity contribution in [2.75, 3.05) is 0 Å². The van der Waals surface area contributed by atoms with Gasteiger partial charge < -0.3 is 10.2 Å². The Morgan fingerprint density at radius 2 is 1.35 bits per heavy atom. The third kappa shape index (κ3) is 6.81. The predicted octanol–water partition coefficient (Wildman–Crippen LogP) is 2.56. The number of benzene rings is 1. The summed E-state index contributed by atoms with van der Waals surface area (Å²) in [4.78, 5) is 21.1. The summed E-state index contributed by atoms with van der Waals surface area (Å²) in [6, 6.07) is 8.84. The highest BCUT2D eigenvalue weighted by atomic mass is 35.5. The Morgan fingerprint density at radius 1 is 0.941 bits per heavy atom. The second-order valence-electron chi connectivity index (χ2n) is 3.30. The van der Waals surface area contributed by atoms with E-state index in [0.717, 1.165) is 5.56 Å². The van der Waals surface area contributed by atoms with E-state index in [1.165, 1.54) is 0 Å². The van der Waals surface area contributed by atoms with Gasteiger partial charge in [-0.05, 0) is 5.56 Å². The minimum Gasteiger partial charge on any atom is -0.481 e. The van der Waals surface area contributed by atoms with Gasteiger partial charge in [0.2, 0.25) is 0 Å². The third-order valence-electron chi connectivity index (χ3n) is 2.11. The fraction of sp³-hybridized carbons (Fsp3) is 0.273. The first kappa shape index (κ1) is 18.1. The topological polar surface area (TPSA) is 74.6 Å². The van der Waals surface area contributed by atoms with Crippen LogP contribution in [0.3, 0.4) is 0 Å². The highest BCUT2D eigenvalue weighted by Gasteiger charge is 2.18. The summed E-state index contributed by atoms with van der Waals surface area (Å²) in [5.41, 5.74) is 0.752. The zero-order valence-corrected chi connectivity index (χ0v) is 10.5. The van der Waals surface area contributed by atoms with Gasteiger partial charge in [-0.1, -0.05) is 30.3 Å². The maximum absolute atomic E-state index is 10.6. The molecule has 0 aliphatic heterocycles. The fourth-order valence-corrected chi connectivity index (χ4v) is 1.45. The molecule has 4 nitrogen and oxygen atoms in total. The van der Waals surface area contributed by atoms with E-state index in [-0.39, 0.29) is 37.7 Å². The molecule has 0 spiro atoms. The Morgan fingerprint density at radius 3 is 1.71 bits per heavy atom. The fourth-order valence-electron chi connectivity index (χ4n) is 1.45. The van der Waals surface area contributed by atoms with E-state index < -0.39 is 17.9 Å². The van der Waals surface area contributed by atoms with Crippen molar-refractivity contribution in [2.24, 2.45) is 0 Å². The van der Waals surface area contributed by atoms with Crippen LogP contribution in [-0.4, -0.2) is 22.2 Å². The van der Waals surface area contributed by atoms with Crippen LogP contribution in [-0.2, 0) is 9.59 Å². The van der Waals surface area contributed by atoms with Gasteiger partial charge in [-0.25, -0.2) is 0 Å². The minimum atomic E-state index is -0.981. The van der Waals surface area contributed by atoms with Gasteiger partial charge in [0, 0.05) is 5.92 Å². The van der Waals surface area contributed by atoms with Crippen LogP contribution in [0.5, 0.6) is 0 Å². The molecule has 0 fully saturated rings. The first-order valence-electron chi connectivity index (χ1n) is 4.58. The molecule has 17 heavy (non-hydrogen) atoms. The second kappa shape index (κ2) is 8.84. The predicted molar refractivity (Wildman–Crippen MR) is 68.2 cm³/mol. The molecule has 1 aromatic carbocycles. The van der Waals surface area contributed by atoms with Gasteiger partial charge in [0.15, 0.2) is 0 Å². The summed E-state index contributed by atoms with van der Waals surface area (Å²) in [5.74, 6) is -2.42. The van der Waals surface area contributed by atoms with Crippen LogP contribution in [0.4, 0.5) is 0 Å². The molecular formula is C11H14Cl2O4. The lowest BCUT2D eigenvalue weighted by atomic mass is 9.93. The van der Waals surface area contributed by atoms with Gasteiger partial charge in [-0.15, -0.1) is 24.8 Å². The van der Waals surface area contributed by atoms with Gasteiger partial charge in [-0.2, -0.15) is 0 Å². The summed E-state index contributed by atoms with van der Waals surface area (Å²) in [6.07, 6.45) is -0.313. The van der Waals surface area contributed by atoms with Crippen molar-refractivity contribution >= 4 is 36.8 Å². The molecule has 0 bridgehead atoms. The molecule has 6 heteroatoms. The van der Waals surface area contributed by atoms with Crippen LogP contribution < -0.4 is 0 Å². The van der Waals surface area contributed by atoms with Gasteiger partial charge in [0.25, 0.3) is 0 Å². The van der Waals surface area contributed by atoms with Crippen LogP contribution >= 0.6 is 24.8 Å². The smallest absolute Gasteiger partial charge is 0.303 e. The maximum Gasteiger partial charge on any atom is 0.303 e. The molecule has 0 saturated heterocycles. The maximum atomic E-state index is 10.6. The average molecular weight is 281 g/mol. The quantitative estimate of drug-likeness (QED) is 0.869. The van der Waals surface area contributed by atoms with Crippen molar-refractivity contribution in [2.45, 2.75) is 18.8 Å².